The molecule has 3 amide bonds. The number of primary amides is 1. The summed E-state index contributed by atoms with van der Waals surface area (Å²) in [6.07, 6.45) is 0.361. The van der Waals surface area contributed by atoms with Crippen molar-refractivity contribution in [1.29, 1.82) is 0 Å². The molecule has 1 aromatic carbocycles. The fraction of sp³-hybridized carbons (Fsp3) is 0.400. The van der Waals surface area contributed by atoms with Gasteiger partial charge in [0.15, 0.2) is 5.69 Å². The van der Waals surface area contributed by atoms with Crippen LogP contribution in [-0.4, -0.2) is 38.6 Å². The summed E-state index contributed by atoms with van der Waals surface area (Å²) in [4.78, 5) is 39.4. The number of benzene rings is 1. The lowest BCUT2D eigenvalue weighted by atomic mass is 10.1. The Morgan fingerprint density at radius 1 is 1.27 bits per heavy atom. The van der Waals surface area contributed by atoms with Crippen LogP contribution in [0.15, 0.2) is 24.3 Å². The number of hydrogen-bond donors (Lipinski definition) is 3. The maximum absolute atomic E-state index is 13.4. The number of hydrogen-bond acceptors (Lipinski definition) is 6. The van der Waals surface area contributed by atoms with Gasteiger partial charge in [0.25, 0.3) is 11.8 Å². The molecule has 0 radical (unpaired) electrons. The number of nitrogens with one attached hydrogen (secondary N) is 1. The van der Waals surface area contributed by atoms with Crippen LogP contribution in [-0.2, 0) is 11.3 Å². The number of amides is 3. The van der Waals surface area contributed by atoms with Crippen LogP contribution in [0.3, 0.4) is 0 Å². The summed E-state index contributed by atoms with van der Waals surface area (Å²) in [5, 5.41) is 3.38. The predicted octanol–water partition coefficient (Wildman–Crippen LogP) is 2.81. The van der Waals surface area contributed by atoms with E-state index in [0.717, 1.165) is 11.5 Å². The first-order valence-corrected chi connectivity index (χ1v) is 10.5. The fourth-order valence-corrected chi connectivity index (χ4v) is 3.85. The number of halogens is 1. The zero-order valence-electron chi connectivity index (χ0n) is 17.4. The van der Waals surface area contributed by atoms with E-state index in [9.17, 15) is 14.4 Å². The highest BCUT2D eigenvalue weighted by Gasteiger charge is 2.34. The van der Waals surface area contributed by atoms with Gasteiger partial charge in [-0.3, -0.25) is 14.4 Å². The molecule has 0 spiro atoms. The van der Waals surface area contributed by atoms with Crippen LogP contribution in [0, 0.1) is 0 Å². The van der Waals surface area contributed by atoms with Gasteiger partial charge in [-0.1, -0.05) is 36.7 Å². The topological polar surface area (TPSA) is 131 Å². The molecule has 5 N–H and O–H groups in total. The molecular weight excluding hydrogens is 426 g/mol. The van der Waals surface area contributed by atoms with Crippen molar-refractivity contribution >= 4 is 46.5 Å². The lowest BCUT2D eigenvalue weighted by Gasteiger charge is -2.33. The molecule has 10 heteroatoms. The Hall–Kier alpha value is -2.65. The van der Waals surface area contributed by atoms with Crippen LogP contribution < -0.4 is 16.8 Å². The van der Waals surface area contributed by atoms with Gasteiger partial charge in [-0.05, 0) is 50.4 Å². The zero-order chi connectivity index (χ0) is 22.6. The van der Waals surface area contributed by atoms with Crippen molar-refractivity contribution in [3.8, 4) is 0 Å². The Bertz CT molecular complexity index is 954. The molecule has 2 rings (SSSR count). The highest BCUT2D eigenvalue weighted by atomic mass is 35.5. The van der Waals surface area contributed by atoms with Gasteiger partial charge in [0.05, 0.1) is 5.69 Å². The number of aromatic nitrogens is 1. The zero-order valence-corrected chi connectivity index (χ0v) is 18.9. The summed E-state index contributed by atoms with van der Waals surface area (Å²) < 4.78 is 3.90. The van der Waals surface area contributed by atoms with E-state index in [1.54, 1.807) is 24.3 Å². The van der Waals surface area contributed by atoms with Crippen LogP contribution in [0.2, 0.25) is 5.02 Å². The van der Waals surface area contributed by atoms with Crippen molar-refractivity contribution in [3.63, 3.8) is 0 Å². The Labute approximate surface area is 184 Å². The minimum atomic E-state index is -0.821. The number of carbonyl (C=O) groups excluding carboxylic acids is 3. The molecule has 0 saturated carbocycles. The van der Waals surface area contributed by atoms with Crippen molar-refractivity contribution in [2.75, 3.05) is 5.73 Å². The second-order valence-electron chi connectivity index (χ2n) is 7.83. The molecule has 0 aliphatic carbocycles. The van der Waals surface area contributed by atoms with Gasteiger partial charge in [-0.25, -0.2) is 0 Å². The Kier molecular flexibility index (Phi) is 7.44. The number of rotatable bonds is 7. The van der Waals surface area contributed by atoms with E-state index in [1.807, 2.05) is 27.7 Å². The summed E-state index contributed by atoms with van der Waals surface area (Å²) in [5.74, 6) is -1.64. The monoisotopic (exact) mass is 451 g/mol. The van der Waals surface area contributed by atoms with Crippen LogP contribution in [0.25, 0.3) is 0 Å². The highest BCUT2D eigenvalue weighted by Crippen LogP contribution is 2.27. The molecule has 0 unspecified atom stereocenters. The van der Waals surface area contributed by atoms with E-state index < -0.39 is 23.4 Å². The first-order valence-electron chi connectivity index (χ1n) is 9.37. The average Bonchev–Trinajstić information content (AvgIpc) is 3.02. The lowest BCUT2D eigenvalue weighted by Crippen LogP contribution is -2.53. The fourth-order valence-electron chi connectivity index (χ4n) is 2.89. The molecule has 0 saturated heterocycles. The summed E-state index contributed by atoms with van der Waals surface area (Å²) in [6, 6.07) is 6.28. The standard InChI is InChI=1S/C20H26ClN5O3S/c1-5-13(18(28)24-20(2,3)4)26(10-11-8-6-7-9-12(11)21)19(29)16-14(22)15(17(23)27)25-30-16/h6-9,13H,5,10,22H2,1-4H3,(H2,23,27)(H,24,28)/t13-/m1/s1. The molecule has 162 valence electrons. The van der Waals surface area contributed by atoms with E-state index in [4.69, 9.17) is 23.1 Å². The minimum absolute atomic E-state index is 0.0536. The van der Waals surface area contributed by atoms with Gasteiger partial charge in [-0.2, -0.15) is 4.37 Å². The minimum Gasteiger partial charge on any atom is -0.395 e. The van der Waals surface area contributed by atoms with Crippen LogP contribution in [0.4, 0.5) is 5.69 Å². The molecule has 0 aliphatic rings. The third kappa shape index (κ3) is 5.48. The van der Waals surface area contributed by atoms with Crippen molar-refractivity contribution in [1.82, 2.24) is 14.6 Å². The average molecular weight is 452 g/mol. The van der Waals surface area contributed by atoms with E-state index in [1.165, 1.54) is 4.90 Å². The third-order valence-corrected chi connectivity index (χ3v) is 5.50. The van der Waals surface area contributed by atoms with E-state index in [2.05, 4.69) is 9.69 Å². The largest absolute Gasteiger partial charge is 0.395 e. The van der Waals surface area contributed by atoms with Crippen molar-refractivity contribution < 1.29 is 14.4 Å². The molecule has 0 bridgehead atoms. The summed E-state index contributed by atoms with van der Waals surface area (Å²) in [6.45, 7) is 7.47. The van der Waals surface area contributed by atoms with E-state index >= 15 is 0 Å². The summed E-state index contributed by atoms with van der Waals surface area (Å²) >= 11 is 7.07. The lowest BCUT2D eigenvalue weighted by molar-refractivity contribution is -0.127. The molecule has 1 atom stereocenters. The van der Waals surface area contributed by atoms with Crippen molar-refractivity contribution in [2.24, 2.45) is 5.73 Å². The first kappa shape index (κ1) is 23.6. The summed E-state index contributed by atoms with van der Waals surface area (Å²) in [7, 11) is 0. The Morgan fingerprint density at radius 2 is 1.90 bits per heavy atom. The Morgan fingerprint density at radius 3 is 2.40 bits per heavy atom. The SMILES string of the molecule is CC[C@H](C(=O)NC(C)(C)C)N(Cc1ccccc1Cl)C(=O)c1snc(C(N)=O)c1N. The smallest absolute Gasteiger partial charge is 0.270 e. The second-order valence-corrected chi connectivity index (χ2v) is 9.01. The first-order chi connectivity index (χ1) is 14.0. The summed E-state index contributed by atoms with van der Waals surface area (Å²) in [5.41, 5.74) is 11.2. The van der Waals surface area contributed by atoms with Crippen LogP contribution in [0.1, 0.15) is 59.8 Å². The van der Waals surface area contributed by atoms with Crippen molar-refractivity contribution in [2.45, 2.75) is 52.2 Å². The number of nitrogens with two attached hydrogens (primary N) is 2. The quantitative estimate of drug-likeness (QED) is 0.595. The maximum atomic E-state index is 13.4. The van der Waals surface area contributed by atoms with Gasteiger partial charge >= 0.3 is 0 Å². The Balaban J connectivity index is 2.49. The van der Waals surface area contributed by atoms with Crippen LogP contribution in [0.5, 0.6) is 0 Å². The van der Waals surface area contributed by atoms with E-state index in [-0.39, 0.29) is 28.7 Å². The molecular formula is C20H26ClN5O3S. The van der Waals surface area contributed by atoms with Gasteiger partial charge in [0.2, 0.25) is 5.91 Å². The molecule has 0 fully saturated rings. The third-order valence-electron chi connectivity index (χ3n) is 4.28. The highest BCUT2D eigenvalue weighted by molar-refractivity contribution is 7.09. The normalized spacial score (nSPS) is 12.3. The molecule has 0 aliphatic heterocycles. The van der Waals surface area contributed by atoms with Gasteiger partial charge < -0.3 is 21.7 Å². The van der Waals surface area contributed by atoms with Crippen LogP contribution >= 0.6 is 23.1 Å². The number of nitrogen functional groups attached to an aromatic ring is 1. The van der Waals surface area contributed by atoms with Crippen molar-refractivity contribution in [3.05, 3.63) is 45.4 Å². The van der Waals surface area contributed by atoms with Gasteiger partial charge in [0, 0.05) is 17.1 Å². The van der Waals surface area contributed by atoms with Gasteiger partial charge in [-0.15, -0.1) is 0 Å². The predicted molar refractivity (Wildman–Crippen MR) is 118 cm³/mol. The second kappa shape index (κ2) is 9.44. The van der Waals surface area contributed by atoms with Gasteiger partial charge in [0.1, 0.15) is 10.9 Å². The number of nitrogens with zero attached hydrogens (tertiary/aromatic N) is 2. The number of carbonyl (C=O) groups is 3. The molecule has 30 heavy (non-hydrogen) atoms. The maximum Gasteiger partial charge on any atom is 0.270 e. The molecule has 1 heterocycles. The molecule has 2 aromatic rings. The molecule has 8 nitrogen and oxygen atoms in total. The van der Waals surface area contributed by atoms with E-state index in [0.29, 0.717) is 17.0 Å². The number of anilines is 1. The molecule has 1 aromatic heterocycles.